The van der Waals surface area contributed by atoms with Crippen LogP contribution in [0.5, 0.6) is 0 Å². The number of rotatable bonds is 6. The van der Waals surface area contributed by atoms with Gasteiger partial charge in [-0.05, 0) is 70.8 Å². The average molecular weight is 476 g/mol. The molecule has 0 aliphatic rings. The molecule has 0 aliphatic carbocycles. The minimum atomic E-state index is 0.626. The molecule has 3 aromatic carbocycles. The highest BCUT2D eigenvalue weighted by atomic mass is 15.1. The van der Waals surface area contributed by atoms with Crippen molar-refractivity contribution in [3.63, 3.8) is 0 Å². The summed E-state index contributed by atoms with van der Waals surface area (Å²) < 4.78 is 0. The fourth-order valence-corrected chi connectivity index (χ4v) is 3.35. The third-order valence-corrected chi connectivity index (χ3v) is 6.02. The van der Waals surface area contributed by atoms with Gasteiger partial charge in [-0.15, -0.1) is 0 Å². The normalized spacial score (nSPS) is 10.3. The van der Waals surface area contributed by atoms with E-state index in [-0.39, 0.29) is 0 Å². The molecule has 0 atom stereocenters. The maximum atomic E-state index is 3.09. The first-order valence-electron chi connectivity index (χ1n) is 12.8. The Hall–Kier alpha value is -2.94. The lowest BCUT2D eigenvalue weighted by atomic mass is 10.0. The lowest BCUT2D eigenvalue weighted by Gasteiger charge is -2.13. The number of anilines is 3. The van der Waals surface area contributed by atoms with E-state index in [1.54, 1.807) is 0 Å². The Morgan fingerprint density at radius 2 is 0.714 bits per heavy atom. The zero-order chi connectivity index (χ0) is 26.5. The number of benzene rings is 3. The molecular weight excluding hydrogens is 426 g/mol. The number of nitrogens with zero attached hydrogens (tertiary/aromatic N) is 2. The van der Waals surface area contributed by atoms with Gasteiger partial charge in [0.25, 0.3) is 0 Å². The van der Waals surface area contributed by atoms with Crippen LogP contribution < -0.4 is 15.1 Å². The van der Waals surface area contributed by atoms with Gasteiger partial charge in [-0.25, -0.2) is 0 Å². The van der Waals surface area contributed by atoms with E-state index < -0.39 is 0 Å². The molecule has 0 aromatic heterocycles. The fraction of sp³-hybridized carbons (Fsp3) is 0.438. The second-order valence-corrected chi connectivity index (χ2v) is 10.3. The summed E-state index contributed by atoms with van der Waals surface area (Å²) >= 11 is 0. The Labute approximate surface area is 216 Å². The maximum absolute atomic E-state index is 3.09. The van der Waals surface area contributed by atoms with Crippen LogP contribution in [-0.4, -0.2) is 35.2 Å². The molecule has 3 rings (SSSR count). The maximum Gasteiger partial charge on any atom is 0.0361 e. The van der Waals surface area contributed by atoms with Crippen LogP contribution in [0.1, 0.15) is 76.0 Å². The van der Waals surface area contributed by atoms with Gasteiger partial charge >= 0.3 is 0 Å². The van der Waals surface area contributed by atoms with Crippen molar-refractivity contribution in [1.82, 2.24) is 0 Å². The standard InChI is InChI=1S/2C11H17N.C10H15N/c2*1-9(2)10-5-7-11(8-6-10)12(3)4;1-8(2)9-4-6-10(11-3)7-5-9/h2*5-9H,1-4H3;4-8,11H,1-3H3. The summed E-state index contributed by atoms with van der Waals surface area (Å²) in [6.45, 7) is 13.3. The Bertz CT molecular complexity index is 826. The first-order chi connectivity index (χ1) is 16.5. The first kappa shape index (κ1) is 30.1. The molecule has 1 N–H and O–H groups in total. The van der Waals surface area contributed by atoms with Crippen LogP contribution in [0, 0.1) is 0 Å². The summed E-state index contributed by atoms with van der Waals surface area (Å²) in [5.41, 5.74) is 7.90. The second kappa shape index (κ2) is 15.1. The number of hydrogen-bond acceptors (Lipinski definition) is 3. The molecule has 0 amide bonds. The topological polar surface area (TPSA) is 18.5 Å². The molecule has 0 bridgehead atoms. The average Bonchev–Trinajstić information content (AvgIpc) is 2.84. The highest BCUT2D eigenvalue weighted by Crippen LogP contribution is 2.19. The van der Waals surface area contributed by atoms with Crippen LogP contribution in [-0.2, 0) is 0 Å². The van der Waals surface area contributed by atoms with E-state index in [9.17, 15) is 0 Å². The van der Waals surface area contributed by atoms with Crippen molar-refractivity contribution in [1.29, 1.82) is 0 Å². The zero-order valence-corrected chi connectivity index (χ0v) is 24.1. The van der Waals surface area contributed by atoms with Gasteiger partial charge in [-0.1, -0.05) is 77.9 Å². The van der Waals surface area contributed by atoms with Crippen molar-refractivity contribution >= 4 is 17.1 Å². The summed E-state index contributed by atoms with van der Waals surface area (Å²) in [6, 6.07) is 26.0. The lowest BCUT2D eigenvalue weighted by Crippen LogP contribution is -2.08. The molecule has 0 spiro atoms. The van der Waals surface area contributed by atoms with Crippen molar-refractivity contribution in [2.75, 3.05) is 50.4 Å². The molecule has 0 saturated heterocycles. The molecule has 3 heteroatoms. The molecule has 192 valence electrons. The van der Waals surface area contributed by atoms with Gasteiger partial charge in [0.2, 0.25) is 0 Å². The third kappa shape index (κ3) is 10.9. The second-order valence-electron chi connectivity index (χ2n) is 10.3. The van der Waals surface area contributed by atoms with Gasteiger partial charge in [0, 0.05) is 52.3 Å². The van der Waals surface area contributed by atoms with Crippen LogP contribution >= 0.6 is 0 Å². The summed E-state index contributed by atoms with van der Waals surface area (Å²) in [4.78, 5) is 4.23. The monoisotopic (exact) mass is 475 g/mol. The van der Waals surface area contributed by atoms with Gasteiger partial charge < -0.3 is 15.1 Å². The number of hydrogen-bond donors (Lipinski definition) is 1. The van der Waals surface area contributed by atoms with E-state index >= 15 is 0 Å². The third-order valence-electron chi connectivity index (χ3n) is 6.02. The van der Waals surface area contributed by atoms with Crippen LogP contribution in [0.3, 0.4) is 0 Å². The van der Waals surface area contributed by atoms with Gasteiger partial charge in [-0.2, -0.15) is 0 Å². The van der Waals surface area contributed by atoms with Crippen molar-refractivity contribution in [2.45, 2.75) is 59.3 Å². The highest BCUT2D eigenvalue weighted by Gasteiger charge is 2.00. The molecule has 3 nitrogen and oxygen atoms in total. The molecule has 0 radical (unpaired) electrons. The van der Waals surface area contributed by atoms with Crippen molar-refractivity contribution in [3.05, 3.63) is 89.5 Å². The van der Waals surface area contributed by atoms with Gasteiger partial charge in [0.15, 0.2) is 0 Å². The van der Waals surface area contributed by atoms with Crippen molar-refractivity contribution in [2.24, 2.45) is 0 Å². The van der Waals surface area contributed by atoms with Gasteiger partial charge in [0.1, 0.15) is 0 Å². The Morgan fingerprint density at radius 1 is 0.457 bits per heavy atom. The van der Waals surface area contributed by atoms with E-state index in [4.69, 9.17) is 0 Å². The lowest BCUT2D eigenvalue weighted by molar-refractivity contribution is 0.866. The van der Waals surface area contributed by atoms with Crippen molar-refractivity contribution < 1.29 is 0 Å². The molecule has 35 heavy (non-hydrogen) atoms. The predicted octanol–water partition coefficient (Wildman–Crippen LogP) is 8.60. The summed E-state index contributed by atoms with van der Waals surface area (Å²) in [7, 11) is 10.2. The fourth-order valence-electron chi connectivity index (χ4n) is 3.35. The molecule has 3 aromatic rings. The van der Waals surface area contributed by atoms with E-state index in [0.717, 1.165) is 0 Å². The van der Waals surface area contributed by atoms with Gasteiger partial charge in [0.05, 0.1) is 0 Å². The molecule has 0 unspecified atom stereocenters. The smallest absolute Gasteiger partial charge is 0.0361 e. The van der Waals surface area contributed by atoms with Crippen LogP contribution in [0.4, 0.5) is 17.1 Å². The highest BCUT2D eigenvalue weighted by molar-refractivity contribution is 5.47. The molecular formula is C32H49N3. The van der Waals surface area contributed by atoms with Crippen LogP contribution in [0.25, 0.3) is 0 Å². The SMILES string of the molecule is CC(C)c1ccc(N(C)C)cc1.CC(C)c1ccc(N(C)C)cc1.CNc1ccc(C(C)C)cc1. The van der Waals surface area contributed by atoms with E-state index in [1.165, 1.54) is 33.8 Å². The Morgan fingerprint density at radius 3 is 0.914 bits per heavy atom. The zero-order valence-electron chi connectivity index (χ0n) is 24.1. The Balaban J connectivity index is 0.000000263. The van der Waals surface area contributed by atoms with Crippen LogP contribution in [0.2, 0.25) is 0 Å². The molecule has 0 aliphatic heterocycles. The minimum Gasteiger partial charge on any atom is -0.388 e. The molecule has 0 fully saturated rings. The quantitative estimate of drug-likeness (QED) is 0.385. The largest absolute Gasteiger partial charge is 0.388 e. The summed E-state index contributed by atoms with van der Waals surface area (Å²) in [5, 5.41) is 3.09. The van der Waals surface area contributed by atoms with E-state index in [0.29, 0.717) is 17.8 Å². The van der Waals surface area contributed by atoms with Gasteiger partial charge in [-0.3, -0.25) is 0 Å². The first-order valence-corrected chi connectivity index (χ1v) is 12.8. The Kier molecular flexibility index (Phi) is 13.0. The van der Waals surface area contributed by atoms with E-state index in [2.05, 4.69) is 158 Å². The minimum absolute atomic E-state index is 0.626. The summed E-state index contributed by atoms with van der Waals surface area (Å²) in [5.74, 6) is 1.88. The molecule has 0 saturated carbocycles. The van der Waals surface area contributed by atoms with Crippen LogP contribution in [0.15, 0.2) is 72.8 Å². The predicted molar refractivity (Wildman–Crippen MR) is 160 cm³/mol. The number of nitrogens with one attached hydrogen (secondary N) is 1. The van der Waals surface area contributed by atoms with E-state index in [1.807, 2.05) is 7.05 Å². The molecule has 0 heterocycles. The summed E-state index contributed by atoms with van der Waals surface area (Å²) in [6.07, 6.45) is 0. The van der Waals surface area contributed by atoms with Crippen molar-refractivity contribution in [3.8, 4) is 0 Å².